The first-order chi connectivity index (χ1) is 11.2. The van der Waals surface area contributed by atoms with Crippen LogP contribution in [0.15, 0.2) is 72.8 Å². The number of fused-ring (bicyclic) bond motifs is 1. The van der Waals surface area contributed by atoms with Gasteiger partial charge in [0.15, 0.2) is 0 Å². The van der Waals surface area contributed by atoms with Gasteiger partial charge in [-0.2, -0.15) is 0 Å². The summed E-state index contributed by atoms with van der Waals surface area (Å²) in [5.74, 6) is 0.926. The van der Waals surface area contributed by atoms with Crippen molar-refractivity contribution in [3.63, 3.8) is 0 Å². The molecule has 0 radical (unpaired) electrons. The summed E-state index contributed by atoms with van der Waals surface area (Å²) in [6.45, 7) is 2.09. The second kappa shape index (κ2) is 5.29. The molecule has 3 nitrogen and oxygen atoms in total. The van der Waals surface area contributed by atoms with E-state index in [1.165, 1.54) is 5.56 Å². The predicted molar refractivity (Wildman–Crippen MR) is 95.7 cm³/mol. The maximum atomic E-state index is 5.82. The van der Waals surface area contributed by atoms with Crippen molar-refractivity contribution in [2.75, 3.05) is 5.73 Å². The average Bonchev–Trinajstić information content (AvgIpc) is 2.96. The second-order valence-electron chi connectivity index (χ2n) is 5.72. The van der Waals surface area contributed by atoms with Crippen molar-refractivity contribution in [1.29, 1.82) is 0 Å². The Labute approximate surface area is 135 Å². The molecule has 0 saturated carbocycles. The fraction of sp³-hybridized carbons (Fsp3) is 0.0500. The summed E-state index contributed by atoms with van der Waals surface area (Å²) in [6, 6.07) is 24.6. The third kappa shape index (κ3) is 2.36. The molecular formula is C20H17N3. The minimum Gasteiger partial charge on any atom is -0.399 e. The monoisotopic (exact) mass is 299 g/mol. The third-order valence-electron chi connectivity index (χ3n) is 4.02. The van der Waals surface area contributed by atoms with Gasteiger partial charge in [-0.1, -0.05) is 29.8 Å². The first-order valence-electron chi connectivity index (χ1n) is 7.63. The van der Waals surface area contributed by atoms with Crippen LogP contribution in [-0.4, -0.2) is 9.55 Å². The molecule has 2 N–H and O–H groups in total. The smallest absolute Gasteiger partial charge is 0.145 e. The summed E-state index contributed by atoms with van der Waals surface area (Å²) in [7, 11) is 0. The maximum absolute atomic E-state index is 5.82. The highest BCUT2D eigenvalue weighted by Gasteiger charge is 2.13. The van der Waals surface area contributed by atoms with Gasteiger partial charge in [-0.05, 0) is 55.5 Å². The van der Waals surface area contributed by atoms with Crippen LogP contribution in [0.4, 0.5) is 5.69 Å². The van der Waals surface area contributed by atoms with Gasteiger partial charge in [-0.25, -0.2) is 4.98 Å². The van der Waals surface area contributed by atoms with Gasteiger partial charge >= 0.3 is 0 Å². The molecule has 0 aliphatic rings. The van der Waals surface area contributed by atoms with Gasteiger partial charge in [0.1, 0.15) is 5.82 Å². The molecule has 0 spiro atoms. The van der Waals surface area contributed by atoms with Gasteiger partial charge in [-0.3, -0.25) is 4.57 Å². The Bertz CT molecular complexity index is 964. The number of nitrogen functional groups attached to an aromatic ring is 1. The molecule has 112 valence electrons. The van der Waals surface area contributed by atoms with E-state index >= 15 is 0 Å². The molecule has 0 bridgehead atoms. The van der Waals surface area contributed by atoms with Crippen molar-refractivity contribution < 1.29 is 0 Å². The van der Waals surface area contributed by atoms with Gasteiger partial charge < -0.3 is 5.73 Å². The van der Waals surface area contributed by atoms with Gasteiger partial charge in [0, 0.05) is 16.9 Å². The Morgan fingerprint density at radius 3 is 2.26 bits per heavy atom. The zero-order valence-corrected chi connectivity index (χ0v) is 12.9. The van der Waals surface area contributed by atoms with Gasteiger partial charge in [0.05, 0.1) is 11.0 Å². The average molecular weight is 299 g/mol. The molecule has 0 fully saturated rings. The van der Waals surface area contributed by atoms with Crippen LogP contribution < -0.4 is 5.73 Å². The van der Waals surface area contributed by atoms with Crippen LogP contribution in [0, 0.1) is 6.92 Å². The summed E-state index contributed by atoms with van der Waals surface area (Å²) >= 11 is 0. The molecule has 0 unspecified atom stereocenters. The van der Waals surface area contributed by atoms with Gasteiger partial charge in [-0.15, -0.1) is 0 Å². The molecule has 23 heavy (non-hydrogen) atoms. The molecule has 0 atom stereocenters. The molecule has 0 aliphatic carbocycles. The number of aromatic nitrogens is 2. The van der Waals surface area contributed by atoms with Crippen LogP contribution in [-0.2, 0) is 0 Å². The topological polar surface area (TPSA) is 43.8 Å². The fourth-order valence-electron chi connectivity index (χ4n) is 2.81. The van der Waals surface area contributed by atoms with Crippen molar-refractivity contribution in [3.8, 4) is 17.1 Å². The Balaban J connectivity index is 2.01. The molecule has 1 heterocycles. The zero-order valence-electron chi connectivity index (χ0n) is 12.9. The van der Waals surface area contributed by atoms with Crippen molar-refractivity contribution in [1.82, 2.24) is 9.55 Å². The number of nitrogens with two attached hydrogens (primary N) is 1. The third-order valence-corrected chi connectivity index (χ3v) is 4.02. The van der Waals surface area contributed by atoms with E-state index in [2.05, 4.69) is 41.8 Å². The van der Waals surface area contributed by atoms with Crippen molar-refractivity contribution in [2.45, 2.75) is 6.92 Å². The van der Waals surface area contributed by atoms with Gasteiger partial charge in [0.2, 0.25) is 0 Å². The Morgan fingerprint density at radius 2 is 1.52 bits per heavy atom. The number of rotatable bonds is 2. The fourth-order valence-corrected chi connectivity index (χ4v) is 2.81. The van der Waals surface area contributed by atoms with Crippen molar-refractivity contribution in [3.05, 3.63) is 78.4 Å². The number of imidazole rings is 1. The first-order valence-corrected chi connectivity index (χ1v) is 7.63. The van der Waals surface area contributed by atoms with E-state index in [-0.39, 0.29) is 0 Å². The summed E-state index contributed by atoms with van der Waals surface area (Å²) in [4.78, 5) is 4.83. The second-order valence-corrected chi connectivity index (χ2v) is 5.72. The van der Waals surface area contributed by atoms with Crippen LogP contribution in [0.3, 0.4) is 0 Å². The highest BCUT2D eigenvalue weighted by atomic mass is 15.1. The minimum absolute atomic E-state index is 0.756. The lowest BCUT2D eigenvalue weighted by molar-refractivity contribution is 1.10. The van der Waals surface area contributed by atoms with Crippen molar-refractivity contribution >= 4 is 16.7 Å². The molecule has 4 rings (SSSR count). The Morgan fingerprint density at radius 1 is 0.826 bits per heavy atom. The van der Waals surface area contributed by atoms with Crippen LogP contribution in [0.1, 0.15) is 5.56 Å². The minimum atomic E-state index is 0.756. The molecule has 3 heteroatoms. The van der Waals surface area contributed by atoms with E-state index < -0.39 is 0 Å². The molecule has 0 amide bonds. The standard InChI is InChI=1S/C20H17N3/c1-14-6-12-17(13-7-14)23-19-5-3-2-4-18(19)22-20(23)15-8-10-16(21)11-9-15/h2-13H,21H2,1H3. The predicted octanol–water partition coefficient (Wildman–Crippen LogP) is 4.58. The van der Waals surface area contributed by atoms with E-state index in [4.69, 9.17) is 10.7 Å². The molecule has 0 saturated heterocycles. The number of nitrogens with zero attached hydrogens (tertiary/aromatic N) is 2. The Hall–Kier alpha value is -3.07. The SMILES string of the molecule is Cc1ccc(-n2c(-c3ccc(N)cc3)nc3ccccc32)cc1. The molecule has 4 aromatic rings. The lowest BCUT2D eigenvalue weighted by atomic mass is 10.2. The van der Waals surface area contributed by atoms with Gasteiger partial charge in [0.25, 0.3) is 0 Å². The highest BCUT2D eigenvalue weighted by molar-refractivity contribution is 5.83. The quantitative estimate of drug-likeness (QED) is 0.550. The molecule has 0 aliphatic heterocycles. The van der Waals surface area contributed by atoms with E-state index in [9.17, 15) is 0 Å². The van der Waals surface area contributed by atoms with Crippen LogP contribution >= 0.6 is 0 Å². The number of hydrogen-bond donors (Lipinski definition) is 1. The summed E-state index contributed by atoms with van der Waals surface area (Å²) in [5, 5.41) is 0. The van der Waals surface area contributed by atoms with E-state index in [1.807, 2.05) is 42.5 Å². The van der Waals surface area contributed by atoms with Crippen LogP contribution in [0.5, 0.6) is 0 Å². The number of anilines is 1. The van der Waals surface area contributed by atoms with E-state index in [1.54, 1.807) is 0 Å². The summed E-state index contributed by atoms with van der Waals surface area (Å²) in [6.07, 6.45) is 0. The zero-order chi connectivity index (χ0) is 15.8. The van der Waals surface area contributed by atoms with Crippen LogP contribution in [0.2, 0.25) is 0 Å². The molecule has 1 aromatic heterocycles. The van der Waals surface area contributed by atoms with Crippen molar-refractivity contribution in [2.24, 2.45) is 0 Å². The summed E-state index contributed by atoms with van der Waals surface area (Å²) < 4.78 is 2.19. The normalized spacial score (nSPS) is 11.0. The van der Waals surface area contributed by atoms with E-state index in [0.29, 0.717) is 0 Å². The lowest BCUT2D eigenvalue weighted by Gasteiger charge is -2.10. The first kappa shape index (κ1) is 13.6. The van der Waals surface area contributed by atoms with Crippen LogP contribution in [0.25, 0.3) is 28.1 Å². The number of para-hydroxylation sites is 2. The Kier molecular flexibility index (Phi) is 3.12. The maximum Gasteiger partial charge on any atom is 0.145 e. The lowest BCUT2D eigenvalue weighted by Crippen LogP contribution is -1.97. The number of aryl methyl sites for hydroxylation is 1. The largest absolute Gasteiger partial charge is 0.399 e. The summed E-state index contributed by atoms with van der Waals surface area (Å²) in [5.41, 5.74) is 12.1. The number of benzene rings is 3. The molecular weight excluding hydrogens is 282 g/mol. The van der Waals surface area contributed by atoms with E-state index in [0.717, 1.165) is 33.8 Å². The molecule has 3 aromatic carbocycles. The number of hydrogen-bond acceptors (Lipinski definition) is 2. The highest BCUT2D eigenvalue weighted by Crippen LogP contribution is 2.29.